The minimum atomic E-state index is -0.810. The molecule has 0 heterocycles. The summed E-state index contributed by atoms with van der Waals surface area (Å²) in [6.07, 6.45) is 93.2. The first-order valence-corrected chi connectivity index (χ1v) is 32.7. The Balaban J connectivity index is 4.46. The minimum Gasteiger partial charge on any atom is -0.462 e. The summed E-state index contributed by atoms with van der Waals surface area (Å²) in [5, 5.41) is 0. The average Bonchev–Trinajstić information content (AvgIpc) is 3.45. The van der Waals surface area contributed by atoms with Gasteiger partial charge in [0.05, 0.1) is 0 Å². The summed E-state index contributed by atoms with van der Waals surface area (Å²) >= 11 is 0. The molecule has 79 heavy (non-hydrogen) atoms. The topological polar surface area (TPSA) is 78.9 Å². The SMILES string of the molecule is CC/C=C\C/C=C\C/C=C\C/C=C\C/C=C\C/C=C\C/C=C\C/C=C\C/C=C\CCCC(=O)OCC(COC(=O)CCCCCCCCCCCCCCCC)OC(=O)CCCCCCCCC/C=C\C/C=C\CCCCCC. The summed E-state index contributed by atoms with van der Waals surface area (Å²) in [5.41, 5.74) is 0. The number of rotatable bonds is 58. The van der Waals surface area contributed by atoms with Gasteiger partial charge in [-0.05, 0) is 116 Å². The molecule has 6 nitrogen and oxygen atoms in total. The Morgan fingerprint density at radius 2 is 0.506 bits per heavy atom. The van der Waals surface area contributed by atoms with E-state index in [0.29, 0.717) is 19.3 Å². The van der Waals surface area contributed by atoms with Gasteiger partial charge in [-0.2, -0.15) is 0 Å². The van der Waals surface area contributed by atoms with Gasteiger partial charge in [0.2, 0.25) is 0 Å². The highest BCUT2D eigenvalue weighted by molar-refractivity contribution is 5.71. The minimum absolute atomic E-state index is 0.100. The van der Waals surface area contributed by atoms with Crippen LogP contribution >= 0.6 is 0 Å². The summed E-state index contributed by atoms with van der Waals surface area (Å²) < 4.78 is 16.9. The number of esters is 3. The highest BCUT2D eigenvalue weighted by Crippen LogP contribution is 2.15. The van der Waals surface area contributed by atoms with E-state index in [-0.39, 0.29) is 37.5 Å². The molecule has 448 valence electrons. The molecule has 0 radical (unpaired) electrons. The predicted octanol–water partition coefficient (Wildman–Crippen LogP) is 22.5. The van der Waals surface area contributed by atoms with Gasteiger partial charge in [-0.15, -0.1) is 0 Å². The molecule has 0 spiro atoms. The molecule has 1 atom stereocenters. The van der Waals surface area contributed by atoms with Crippen molar-refractivity contribution >= 4 is 17.9 Å². The van der Waals surface area contributed by atoms with Crippen LogP contribution in [0.1, 0.15) is 290 Å². The van der Waals surface area contributed by atoms with Crippen LogP contribution in [0.4, 0.5) is 0 Å². The first kappa shape index (κ1) is 74.5. The predicted molar refractivity (Wildman–Crippen MR) is 343 cm³/mol. The van der Waals surface area contributed by atoms with Crippen molar-refractivity contribution in [2.75, 3.05) is 13.2 Å². The Kier molecular flexibility index (Phi) is 62.3. The standard InChI is InChI=1S/C73H120O6/c1-4-7-10-13-16-19-22-25-28-30-32-33-34-35-36-37-38-39-40-41-42-44-45-48-51-54-57-60-63-66-72(75)78-69-70(68-77-71(74)65-62-59-56-53-50-47-27-24-21-18-15-12-9-6-3)79-73(76)67-64-61-58-55-52-49-46-43-31-29-26-23-20-17-14-11-8-5-2/h7,10,16,19-20,23,25,28-29,31-33,35-36,38-39,41-42,45,48,54,57,70H,4-6,8-9,11-15,17-18,21-22,24,26-27,30,34,37,40,43-44,46-47,49-53,55-56,58-69H2,1-3H3/b10-7-,19-16-,23-20-,28-25-,31-29-,33-32-,36-35-,39-38-,42-41-,48-45-,57-54-. The number of carbonyl (C=O) groups excluding carboxylic acids is 3. The lowest BCUT2D eigenvalue weighted by molar-refractivity contribution is -0.167. The normalized spacial score (nSPS) is 13.0. The zero-order valence-corrected chi connectivity index (χ0v) is 51.3. The van der Waals surface area contributed by atoms with Crippen molar-refractivity contribution in [3.8, 4) is 0 Å². The molecule has 0 aliphatic heterocycles. The van der Waals surface area contributed by atoms with Crippen LogP contribution in [0.25, 0.3) is 0 Å². The lowest BCUT2D eigenvalue weighted by atomic mass is 10.0. The molecule has 1 unspecified atom stereocenters. The van der Waals surface area contributed by atoms with E-state index < -0.39 is 6.10 Å². The van der Waals surface area contributed by atoms with Gasteiger partial charge in [0, 0.05) is 19.3 Å². The number of hydrogen-bond donors (Lipinski definition) is 0. The van der Waals surface area contributed by atoms with Crippen molar-refractivity contribution in [2.45, 2.75) is 297 Å². The van der Waals surface area contributed by atoms with Gasteiger partial charge in [0.25, 0.3) is 0 Å². The molecule has 0 aliphatic rings. The van der Waals surface area contributed by atoms with Crippen LogP contribution in [0.2, 0.25) is 0 Å². The number of hydrogen-bond acceptors (Lipinski definition) is 6. The number of ether oxygens (including phenoxy) is 3. The molecule has 0 bridgehead atoms. The van der Waals surface area contributed by atoms with Crippen LogP contribution in [0.15, 0.2) is 134 Å². The lowest BCUT2D eigenvalue weighted by Gasteiger charge is -2.18. The van der Waals surface area contributed by atoms with E-state index in [1.807, 2.05) is 0 Å². The van der Waals surface area contributed by atoms with E-state index in [4.69, 9.17) is 14.2 Å². The first-order chi connectivity index (χ1) is 39.0. The summed E-state index contributed by atoms with van der Waals surface area (Å²) in [6.45, 7) is 6.47. The quantitative estimate of drug-likeness (QED) is 0.0261. The third-order valence-corrected chi connectivity index (χ3v) is 13.6. The fraction of sp³-hybridized carbons (Fsp3) is 0.658. The molecule has 0 N–H and O–H groups in total. The summed E-state index contributed by atoms with van der Waals surface area (Å²) in [4.78, 5) is 38.3. The Labute approximate surface area is 487 Å². The third kappa shape index (κ3) is 64.3. The van der Waals surface area contributed by atoms with Crippen LogP contribution in [-0.4, -0.2) is 37.2 Å². The van der Waals surface area contributed by atoms with Gasteiger partial charge < -0.3 is 14.2 Å². The molecule has 0 aliphatic carbocycles. The Hall–Kier alpha value is -4.45. The maximum atomic E-state index is 12.9. The van der Waals surface area contributed by atoms with Crippen molar-refractivity contribution < 1.29 is 28.6 Å². The molecule has 6 heteroatoms. The van der Waals surface area contributed by atoms with Gasteiger partial charge in [0.15, 0.2) is 6.10 Å². The maximum Gasteiger partial charge on any atom is 0.306 e. The molecule has 0 amide bonds. The molecule has 0 aromatic heterocycles. The summed E-state index contributed by atoms with van der Waals surface area (Å²) in [7, 11) is 0. The molecule has 0 rings (SSSR count). The summed E-state index contributed by atoms with van der Waals surface area (Å²) in [6, 6.07) is 0. The van der Waals surface area contributed by atoms with Gasteiger partial charge >= 0.3 is 17.9 Å². The number of carbonyl (C=O) groups is 3. The van der Waals surface area contributed by atoms with Gasteiger partial charge in [-0.3, -0.25) is 14.4 Å². The highest BCUT2D eigenvalue weighted by atomic mass is 16.6. The largest absolute Gasteiger partial charge is 0.462 e. The van der Waals surface area contributed by atoms with Crippen molar-refractivity contribution in [3.05, 3.63) is 134 Å². The second-order valence-electron chi connectivity index (χ2n) is 21.3. The third-order valence-electron chi connectivity index (χ3n) is 13.6. The van der Waals surface area contributed by atoms with E-state index in [2.05, 4.69) is 154 Å². The number of unbranched alkanes of at least 4 members (excludes halogenated alkanes) is 25. The molecular weight excluding hydrogens is 973 g/mol. The first-order valence-electron chi connectivity index (χ1n) is 32.7. The number of allylic oxidation sites excluding steroid dienone is 22. The average molecular weight is 1090 g/mol. The van der Waals surface area contributed by atoms with Crippen LogP contribution in [0, 0.1) is 0 Å². The second kappa shape index (κ2) is 66.1. The Morgan fingerprint density at radius 1 is 0.266 bits per heavy atom. The maximum absolute atomic E-state index is 12.9. The van der Waals surface area contributed by atoms with Crippen LogP contribution in [-0.2, 0) is 28.6 Å². The van der Waals surface area contributed by atoms with E-state index >= 15 is 0 Å². The second-order valence-corrected chi connectivity index (χ2v) is 21.3. The smallest absolute Gasteiger partial charge is 0.306 e. The van der Waals surface area contributed by atoms with Crippen molar-refractivity contribution in [1.29, 1.82) is 0 Å². The zero-order chi connectivity index (χ0) is 57.1. The zero-order valence-electron chi connectivity index (χ0n) is 51.3. The Bertz CT molecular complexity index is 1680. The fourth-order valence-corrected chi connectivity index (χ4v) is 8.77. The molecule has 0 saturated carbocycles. The van der Waals surface area contributed by atoms with Crippen LogP contribution in [0.3, 0.4) is 0 Å². The van der Waals surface area contributed by atoms with Crippen molar-refractivity contribution in [3.63, 3.8) is 0 Å². The highest BCUT2D eigenvalue weighted by Gasteiger charge is 2.19. The van der Waals surface area contributed by atoms with Crippen molar-refractivity contribution in [1.82, 2.24) is 0 Å². The van der Waals surface area contributed by atoms with E-state index in [9.17, 15) is 14.4 Å². The van der Waals surface area contributed by atoms with E-state index in [1.165, 1.54) is 128 Å². The van der Waals surface area contributed by atoms with Gasteiger partial charge in [-0.1, -0.05) is 289 Å². The molecule has 0 aromatic carbocycles. The van der Waals surface area contributed by atoms with E-state index in [1.54, 1.807) is 0 Å². The molecule has 0 aromatic rings. The fourth-order valence-electron chi connectivity index (χ4n) is 8.77. The molecule has 0 saturated heterocycles. The van der Waals surface area contributed by atoms with Crippen LogP contribution < -0.4 is 0 Å². The summed E-state index contributed by atoms with van der Waals surface area (Å²) in [5.74, 6) is -0.966. The van der Waals surface area contributed by atoms with Crippen LogP contribution in [0.5, 0.6) is 0 Å². The molecule has 0 fully saturated rings. The molecular formula is C73H120O6. The van der Waals surface area contributed by atoms with Gasteiger partial charge in [-0.25, -0.2) is 0 Å². The van der Waals surface area contributed by atoms with E-state index in [0.717, 1.165) is 116 Å². The lowest BCUT2D eigenvalue weighted by Crippen LogP contribution is -2.30. The monoisotopic (exact) mass is 1090 g/mol. The van der Waals surface area contributed by atoms with Crippen molar-refractivity contribution in [2.24, 2.45) is 0 Å². The Morgan fingerprint density at radius 3 is 0.835 bits per heavy atom. The van der Waals surface area contributed by atoms with Gasteiger partial charge in [0.1, 0.15) is 13.2 Å².